The Balaban J connectivity index is 1.50. The lowest BCUT2D eigenvalue weighted by molar-refractivity contribution is 0.102. The summed E-state index contributed by atoms with van der Waals surface area (Å²) >= 11 is 0. The van der Waals surface area contributed by atoms with E-state index in [1.165, 1.54) is 12.4 Å². The summed E-state index contributed by atoms with van der Waals surface area (Å²) in [4.78, 5) is 28.2. The summed E-state index contributed by atoms with van der Waals surface area (Å²) in [5.74, 6) is -0.863. The van der Waals surface area contributed by atoms with Crippen molar-refractivity contribution in [3.05, 3.63) is 60.2 Å². The second kappa shape index (κ2) is 7.83. The van der Waals surface area contributed by atoms with Crippen molar-refractivity contribution in [3.63, 3.8) is 0 Å². The number of rotatable bonds is 3. The molecule has 8 nitrogen and oxygen atoms in total. The largest absolute Gasteiger partial charge is 0.368 e. The molecule has 32 heavy (non-hydrogen) atoms. The number of piperazine rings is 1. The molecule has 3 aromatic heterocycles. The van der Waals surface area contributed by atoms with Gasteiger partial charge in [-0.2, -0.15) is 0 Å². The van der Waals surface area contributed by atoms with Crippen molar-refractivity contribution < 1.29 is 9.18 Å². The molecule has 4 heterocycles. The van der Waals surface area contributed by atoms with Crippen molar-refractivity contribution in [1.82, 2.24) is 24.7 Å². The first kappa shape index (κ1) is 20.3. The minimum absolute atomic E-state index is 0.225. The molecule has 2 N–H and O–H groups in total. The van der Waals surface area contributed by atoms with Gasteiger partial charge in [-0.15, -0.1) is 0 Å². The molecular weight excluding hydrogens is 409 g/mol. The van der Waals surface area contributed by atoms with Gasteiger partial charge in [0.15, 0.2) is 11.5 Å². The van der Waals surface area contributed by atoms with Crippen LogP contribution in [-0.4, -0.2) is 50.4 Å². The molecule has 1 aromatic carbocycles. The van der Waals surface area contributed by atoms with E-state index in [9.17, 15) is 9.18 Å². The summed E-state index contributed by atoms with van der Waals surface area (Å²) in [7, 11) is 0. The van der Waals surface area contributed by atoms with Crippen LogP contribution in [0.5, 0.6) is 0 Å². The van der Waals surface area contributed by atoms with Crippen LogP contribution < -0.4 is 15.5 Å². The van der Waals surface area contributed by atoms with Crippen LogP contribution >= 0.6 is 0 Å². The van der Waals surface area contributed by atoms with E-state index in [1.807, 2.05) is 6.07 Å². The molecule has 4 aromatic rings. The quantitative estimate of drug-likeness (QED) is 0.516. The fraction of sp³-hybridized carbons (Fsp3) is 0.304. The summed E-state index contributed by atoms with van der Waals surface area (Å²) in [6.45, 7) is 7.80. The number of hydrogen-bond acceptors (Lipinski definition) is 6. The van der Waals surface area contributed by atoms with E-state index in [2.05, 4.69) is 44.3 Å². The van der Waals surface area contributed by atoms with Crippen LogP contribution in [0.1, 0.15) is 29.9 Å². The monoisotopic (exact) mass is 433 g/mol. The van der Waals surface area contributed by atoms with Gasteiger partial charge < -0.3 is 19.9 Å². The number of aromatic nitrogens is 4. The van der Waals surface area contributed by atoms with E-state index in [0.29, 0.717) is 34.5 Å². The third kappa shape index (κ3) is 3.64. The number of anilines is 2. The predicted octanol–water partition coefficient (Wildman–Crippen LogP) is 3.16. The minimum Gasteiger partial charge on any atom is -0.368 e. The number of carbonyl (C=O) groups excluding carboxylic acids is 1. The first-order valence-electron chi connectivity index (χ1n) is 10.6. The van der Waals surface area contributed by atoms with Crippen LogP contribution in [0.4, 0.5) is 15.8 Å². The zero-order valence-electron chi connectivity index (χ0n) is 18.1. The Kier molecular flexibility index (Phi) is 4.97. The highest BCUT2D eigenvalue weighted by Gasteiger charge is 2.24. The fourth-order valence-electron chi connectivity index (χ4n) is 4.49. The summed E-state index contributed by atoms with van der Waals surface area (Å²) in [5.41, 5.74) is 3.23. The average Bonchev–Trinajstić information content (AvgIpc) is 3.13. The number of aryl methyl sites for hydroxylation is 1. The van der Waals surface area contributed by atoms with E-state index >= 15 is 0 Å². The highest BCUT2D eigenvalue weighted by Crippen LogP contribution is 2.29. The van der Waals surface area contributed by atoms with Crippen molar-refractivity contribution in [2.24, 2.45) is 0 Å². The fourth-order valence-corrected chi connectivity index (χ4v) is 4.49. The first-order chi connectivity index (χ1) is 15.4. The van der Waals surface area contributed by atoms with Gasteiger partial charge in [0.2, 0.25) is 0 Å². The van der Waals surface area contributed by atoms with Crippen molar-refractivity contribution in [2.45, 2.75) is 32.9 Å². The molecule has 1 aliphatic rings. The maximum absolute atomic E-state index is 14.4. The number of imidazole rings is 1. The number of hydrogen-bond donors (Lipinski definition) is 2. The molecule has 1 saturated heterocycles. The van der Waals surface area contributed by atoms with Gasteiger partial charge in [0, 0.05) is 60.9 Å². The van der Waals surface area contributed by atoms with Crippen LogP contribution in [0.2, 0.25) is 0 Å². The Morgan fingerprint density at radius 3 is 2.78 bits per heavy atom. The van der Waals surface area contributed by atoms with Crippen molar-refractivity contribution >= 4 is 33.8 Å². The molecule has 0 aliphatic carbocycles. The standard InChI is InChI=1S/C23H24FN7O/c1-13-8-30(9-14(2)27-13)20-5-4-17(21-18(20)7-25-12-26-21)23(32)29-16-6-19(24)22-28-15(3)10-31(22)11-16/h4-7,10-14,27H,8-9H2,1-3H3,(H,29,32)/t13-,14+. The Hall–Kier alpha value is -3.59. The summed E-state index contributed by atoms with van der Waals surface area (Å²) in [5, 5.41) is 7.14. The van der Waals surface area contributed by atoms with Gasteiger partial charge in [-0.3, -0.25) is 4.79 Å². The predicted molar refractivity (Wildman–Crippen MR) is 122 cm³/mol. The van der Waals surface area contributed by atoms with Gasteiger partial charge in [-0.05, 0) is 32.9 Å². The molecule has 0 bridgehead atoms. The summed E-state index contributed by atoms with van der Waals surface area (Å²) in [6, 6.07) is 5.67. The zero-order chi connectivity index (χ0) is 22.4. The van der Waals surface area contributed by atoms with Gasteiger partial charge in [0.25, 0.3) is 5.91 Å². The van der Waals surface area contributed by atoms with Gasteiger partial charge in [-0.25, -0.2) is 19.3 Å². The number of nitrogens with one attached hydrogen (secondary N) is 2. The number of benzene rings is 1. The van der Waals surface area contributed by atoms with E-state index < -0.39 is 5.82 Å². The van der Waals surface area contributed by atoms with E-state index in [-0.39, 0.29) is 11.6 Å². The second-order valence-electron chi connectivity index (χ2n) is 8.44. The molecule has 9 heteroatoms. The van der Waals surface area contributed by atoms with E-state index in [4.69, 9.17) is 0 Å². The number of nitrogens with zero attached hydrogens (tertiary/aromatic N) is 5. The third-order valence-electron chi connectivity index (χ3n) is 5.68. The number of fused-ring (bicyclic) bond motifs is 2. The van der Waals surface area contributed by atoms with Gasteiger partial charge in [-0.1, -0.05) is 0 Å². The van der Waals surface area contributed by atoms with Gasteiger partial charge in [0.1, 0.15) is 6.33 Å². The van der Waals surface area contributed by atoms with Crippen molar-refractivity contribution in [3.8, 4) is 0 Å². The van der Waals surface area contributed by atoms with Gasteiger partial charge in [0.05, 0.1) is 22.5 Å². The number of amides is 1. The molecule has 0 saturated carbocycles. The highest BCUT2D eigenvalue weighted by atomic mass is 19.1. The number of halogens is 1. The topological polar surface area (TPSA) is 87.5 Å². The van der Waals surface area contributed by atoms with E-state index in [1.54, 1.807) is 36.0 Å². The molecule has 164 valence electrons. The number of carbonyl (C=O) groups is 1. The first-order valence-corrected chi connectivity index (χ1v) is 10.6. The molecule has 1 fully saturated rings. The highest BCUT2D eigenvalue weighted by molar-refractivity contribution is 6.13. The maximum atomic E-state index is 14.4. The van der Waals surface area contributed by atoms with Gasteiger partial charge >= 0.3 is 0 Å². The summed E-state index contributed by atoms with van der Waals surface area (Å²) in [6.07, 6.45) is 6.53. The van der Waals surface area contributed by atoms with Crippen LogP contribution in [0.25, 0.3) is 16.6 Å². The SMILES string of the molecule is Cc1cn2cc(NC(=O)c3ccc(N4C[C@@H](C)N[C@@H](C)C4)c4cncnc34)cc(F)c2n1. The number of pyridine rings is 1. The van der Waals surface area contributed by atoms with Crippen LogP contribution in [0, 0.1) is 12.7 Å². The lowest BCUT2D eigenvalue weighted by Crippen LogP contribution is -2.54. The Morgan fingerprint density at radius 2 is 2.00 bits per heavy atom. The second-order valence-corrected chi connectivity index (χ2v) is 8.44. The van der Waals surface area contributed by atoms with Crippen LogP contribution in [-0.2, 0) is 0 Å². The Labute approximate surface area is 184 Å². The summed E-state index contributed by atoms with van der Waals surface area (Å²) < 4.78 is 16.0. The molecule has 5 rings (SSSR count). The molecule has 0 spiro atoms. The van der Waals surface area contributed by atoms with Crippen LogP contribution in [0.3, 0.4) is 0 Å². The van der Waals surface area contributed by atoms with E-state index in [0.717, 1.165) is 24.2 Å². The molecule has 1 aliphatic heterocycles. The Morgan fingerprint density at radius 1 is 1.22 bits per heavy atom. The van der Waals surface area contributed by atoms with Crippen LogP contribution in [0.15, 0.2) is 43.1 Å². The van der Waals surface area contributed by atoms with Crippen molar-refractivity contribution in [1.29, 1.82) is 0 Å². The Bertz CT molecular complexity index is 1320. The molecule has 0 radical (unpaired) electrons. The molecule has 2 atom stereocenters. The minimum atomic E-state index is -0.500. The lowest BCUT2D eigenvalue weighted by atomic mass is 10.0. The maximum Gasteiger partial charge on any atom is 0.257 e. The normalized spacial score (nSPS) is 18.9. The molecule has 0 unspecified atom stereocenters. The zero-order valence-corrected chi connectivity index (χ0v) is 18.1. The average molecular weight is 433 g/mol. The molecular formula is C23H24FN7O. The molecule has 1 amide bonds. The van der Waals surface area contributed by atoms with Crippen molar-refractivity contribution in [2.75, 3.05) is 23.3 Å². The third-order valence-corrected chi connectivity index (χ3v) is 5.68. The lowest BCUT2D eigenvalue weighted by Gasteiger charge is -2.38. The smallest absolute Gasteiger partial charge is 0.257 e.